The lowest BCUT2D eigenvalue weighted by Crippen LogP contribution is -2.33. The molecule has 1 aliphatic heterocycles. The zero-order valence-corrected chi connectivity index (χ0v) is 9.95. The van der Waals surface area contributed by atoms with Crippen LogP contribution in [0.2, 0.25) is 0 Å². The van der Waals surface area contributed by atoms with Gasteiger partial charge in [-0.15, -0.1) is 0 Å². The number of carbonyl (C=O) groups is 1. The van der Waals surface area contributed by atoms with E-state index in [9.17, 15) is 9.90 Å². The van der Waals surface area contributed by atoms with Gasteiger partial charge in [0.25, 0.3) is 0 Å². The minimum absolute atomic E-state index is 0.149. The van der Waals surface area contributed by atoms with Gasteiger partial charge in [-0.1, -0.05) is 13.8 Å². The molecule has 1 heterocycles. The molecule has 3 nitrogen and oxygen atoms in total. The van der Waals surface area contributed by atoms with Crippen molar-refractivity contribution >= 4 is 5.97 Å². The molecular weight excluding hydrogens is 192 g/mol. The maximum atomic E-state index is 11.3. The molecule has 3 heteroatoms. The van der Waals surface area contributed by atoms with Crippen molar-refractivity contribution in [3.05, 3.63) is 0 Å². The lowest BCUT2D eigenvalue weighted by Gasteiger charge is -2.29. The summed E-state index contributed by atoms with van der Waals surface area (Å²) >= 11 is 0. The molecule has 1 fully saturated rings. The molecule has 0 bridgehead atoms. The van der Waals surface area contributed by atoms with Crippen molar-refractivity contribution < 1.29 is 14.6 Å². The molecule has 0 radical (unpaired) electrons. The van der Waals surface area contributed by atoms with Gasteiger partial charge in [-0.05, 0) is 39.0 Å². The van der Waals surface area contributed by atoms with E-state index in [1.165, 1.54) is 0 Å². The van der Waals surface area contributed by atoms with E-state index in [4.69, 9.17) is 4.74 Å². The Kier molecular flexibility index (Phi) is 4.14. The molecule has 0 aromatic carbocycles. The molecule has 1 N–H and O–H groups in total. The Balaban J connectivity index is 2.62. The van der Waals surface area contributed by atoms with Gasteiger partial charge >= 0.3 is 5.97 Å². The van der Waals surface area contributed by atoms with Crippen LogP contribution in [0.25, 0.3) is 0 Å². The molecule has 0 aromatic rings. The van der Waals surface area contributed by atoms with Crippen LogP contribution >= 0.6 is 0 Å². The third kappa shape index (κ3) is 2.71. The molecule has 0 aromatic heterocycles. The maximum Gasteiger partial charge on any atom is 0.309 e. The lowest BCUT2D eigenvalue weighted by atomic mass is 9.77. The minimum atomic E-state index is -0.671. The summed E-state index contributed by atoms with van der Waals surface area (Å²) < 4.78 is 5.71. The zero-order chi connectivity index (χ0) is 11.5. The van der Waals surface area contributed by atoms with Gasteiger partial charge in [0.1, 0.15) is 0 Å². The highest BCUT2D eigenvalue weighted by Crippen LogP contribution is 2.36. The van der Waals surface area contributed by atoms with Crippen LogP contribution < -0.4 is 0 Å². The molecular formula is C12H22O3. The van der Waals surface area contributed by atoms with Crippen molar-refractivity contribution in [3.63, 3.8) is 0 Å². The Morgan fingerprint density at radius 2 is 2.00 bits per heavy atom. The van der Waals surface area contributed by atoms with Crippen LogP contribution in [0, 0.1) is 5.41 Å². The number of carboxylic acid groups (broad SMARTS) is 1. The van der Waals surface area contributed by atoms with Gasteiger partial charge in [-0.3, -0.25) is 4.79 Å². The van der Waals surface area contributed by atoms with E-state index < -0.39 is 11.4 Å². The van der Waals surface area contributed by atoms with Gasteiger partial charge < -0.3 is 9.84 Å². The van der Waals surface area contributed by atoms with Crippen molar-refractivity contribution in [1.29, 1.82) is 0 Å². The highest BCUT2D eigenvalue weighted by molar-refractivity contribution is 5.74. The molecule has 0 saturated carbocycles. The number of hydrogen-bond donors (Lipinski definition) is 1. The summed E-state index contributed by atoms with van der Waals surface area (Å²) in [5, 5.41) is 9.29. The normalized spacial score (nSPS) is 26.9. The molecule has 88 valence electrons. The predicted octanol–water partition coefficient (Wildman–Crippen LogP) is 2.84. The van der Waals surface area contributed by atoms with Crippen LogP contribution in [-0.2, 0) is 9.53 Å². The quantitative estimate of drug-likeness (QED) is 0.765. The predicted molar refractivity (Wildman–Crippen MR) is 58.8 cm³/mol. The molecule has 1 rings (SSSR count). The van der Waals surface area contributed by atoms with E-state index in [-0.39, 0.29) is 6.10 Å². The zero-order valence-electron chi connectivity index (χ0n) is 9.95. The third-order valence-electron chi connectivity index (χ3n) is 3.75. The number of rotatable bonds is 5. The molecule has 1 saturated heterocycles. The van der Waals surface area contributed by atoms with E-state index in [0.29, 0.717) is 25.4 Å². The van der Waals surface area contributed by atoms with Crippen LogP contribution in [0.5, 0.6) is 0 Å². The first-order chi connectivity index (χ1) is 7.04. The second kappa shape index (κ2) is 4.97. The van der Waals surface area contributed by atoms with Crippen molar-refractivity contribution in [3.8, 4) is 0 Å². The van der Waals surface area contributed by atoms with E-state index in [1.54, 1.807) is 0 Å². The fraction of sp³-hybridized carbons (Fsp3) is 0.917. The molecule has 2 atom stereocenters. The van der Waals surface area contributed by atoms with E-state index in [1.807, 2.05) is 13.8 Å². The Morgan fingerprint density at radius 3 is 2.33 bits per heavy atom. The Labute approximate surface area is 91.8 Å². The molecule has 2 unspecified atom stereocenters. The molecule has 1 aliphatic rings. The van der Waals surface area contributed by atoms with Gasteiger partial charge in [0, 0.05) is 0 Å². The topological polar surface area (TPSA) is 46.5 Å². The summed E-state index contributed by atoms with van der Waals surface area (Å²) in [5.74, 6) is -0.671. The summed E-state index contributed by atoms with van der Waals surface area (Å²) in [5.41, 5.74) is -0.575. The first-order valence-corrected chi connectivity index (χ1v) is 5.93. The Morgan fingerprint density at radius 1 is 1.40 bits per heavy atom. The largest absolute Gasteiger partial charge is 0.481 e. The Bertz CT molecular complexity index is 221. The van der Waals surface area contributed by atoms with Crippen LogP contribution in [0.3, 0.4) is 0 Å². The van der Waals surface area contributed by atoms with Crippen LogP contribution in [0.1, 0.15) is 52.9 Å². The molecule has 15 heavy (non-hydrogen) atoms. The smallest absolute Gasteiger partial charge is 0.309 e. The van der Waals surface area contributed by atoms with E-state index in [2.05, 4.69) is 6.92 Å². The summed E-state index contributed by atoms with van der Waals surface area (Å²) in [7, 11) is 0. The van der Waals surface area contributed by atoms with Crippen molar-refractivity contribution in [2.45, 2.75) is 65.1 Å². The fourth-order valence-corrected chi connectivity index (χ4v) is 2.40. The fourth-order valence-electron chi connectivity index (χ4n) is 2.40. The highest BCUT2D eigenvalue weighted by Gasteiger charge is 2.39. The molecule has 0 spiro atoms. The number of carboxylic acids is 1. The SMILES string of the molecule is CCC(CC)(CC1CCC(C)O1)C(=O)O. The minimum Gasteiger partial charge on any atom is -0.481 e. The summed E-state index contributed by atoms with van der Waals surface area (Å²) in [6, 6.07) is 0. The number of hydrogen-bond acceptors (Lipinski definition) is 2. The van der Waals surface area contributed by atoms with Crippen molar-refractivity contribution in [2.75, 3.05) is 0 Å². The van der Waals surface area contributed by atoms with Gasteiger partial charge in [0.15, 0.2) is 0 Å². The second-order valence-electron chi connectivity index (χ2n) is 4.64. The van der Waals surface area contributed by atoms with Gasteiger partial charge in [-0.25, -0.2) is 0 Å². The number of aliphatic carboxylic acids is 1. The third-order valence-corrected chi connectivity index (χ3v) is 3.75. The van der Waals surface area contributed by atoms with Gasteiger partial charge in [0.2, 0.25) is 0 Å². The summed E-state index contributed by atoms with van der Waals surface area (Å²) in [6.07, 6.45) is 4.57. The van der Waals surface area contributed by atoms with Crippen LogP contribution in [0.4, 0.5) is 0 Å². The standard InChI is InChI=1S/C12H22O3/c1-4-12(5-2,11(13)14)8-10-7-6-9(3)15-10/h9-10H,4-8H2,1-3H3,(H,13,14). The highest BCUT2D eigenvalue weighted by atomic mass is 16.5. The first-order valence-electron chi connectivity index (χ1n) is 5.93. The molecule has 0 aliphatic carbocycles. The summed E-state index contributed by atoms with van der Waals surface area (Å²) in [6.45, 7) is 5.96. The van der Waals surface area contributed by atoms with Crippen LogP contribution in [0.15, 0.2) is 0 Å². The van der Waals surface area contributed by atoms with Crippen molar-refractivity contribution in [2.24, 2.45) is 5.41 Å². The maximum absolute atomic E-state index is 11.3. The van der Waals surface area contributed by atoms with Gasteiger partial charge in [0.05, 0.1) is 17.6 Å². The molecule has 0 amide bonds. The lowest BCUT2D eigenvalue weighted by molar-refractivity contribution is -0.152. The number of ether oxygens (including phenoxy) is 1. The van der Waals surface area contributed by atoms with E-state index >= 15 is 0 Å². The average Bonchev–Trinajstić information content (AvgIpc) is 2.60. The monoisotopic (exact) mass is 214 g/mol. The first kappa shape index (κ1) is 12.5. The van der Waals surface area contributed by atoms with E-state index in [0.717, 1.165) is 12.8 Å². The Hall–Kier alpha value is -0.570. The second-order valence-corrected chi connectivity index (χ2v) is 4.64. The summed E-state index contributed by atoms with van der Waals surface area (Å²) in [4.78, 5) is 11.3. The average molecular weight is 214 g/mol. The van der Waals surface area contributed by atoms with Crippen LogP contribution in [-0.4, -0.2) is 23.3 Å². The van der Waals surface area contributed by atoms with Gasteiger partial charge in [-0.2, -0.15) is 0 Å². The van der Waals surface area contributed by atoms with Crippen molar-refractivity contribution in [1.82, 2.24) is 0 Å².